The van der Waals surface area contributed by atoms with E-state index in [0.29, 0.717) is 5.01 Å². The number of rotatable bonds is 4. The number of hydrazine groups is 1. The number of carbonyl (C=O) groups is 2. The van der Waals surface area contributed by atoms with Crippen LogP contribution in [0.4, 0.5) is 17.1 Å². The highest BCUT2D eigenvalue weighted by Gasteiger charge is 2.37. The Morgan fingerprint density at radius 3 is 2.24 bits per heavy atom. The van der Waals surface area contributed by atoms with Gasteiger partial charge in [-0.05, 0) is 35.0 Å². The lowest BCUT2D eigenvalue weighted by atomic mass is 10.0. The molecule has 1 heterocycles. The van der Waals surface area contributed by atoms with Gasteiger partial charge in [-0.1, -0.05) is 28.1 Å². The normalized spacial score (nSPS) is 12.9. The molecule has 10 nitrogen and oxygen atoms in total. The van der Waals surface area contributed by atoms with Gasteiger partial charge < -0.3 is 0 Å². The summed E-state index contributed by atoms with van der Waals surface area (Å²) in [6, 6.07) is 11.4. The molecule has 3 aromatic carbocycles. The van der Waals surface area contributed by atoms with E-state index in [4.69, 9.17) is 0 Å². The van der Waals surface area contributed by atoms with Gasteiger partial charge in [-0.25, -0.2) is 0 Å². The Hall–Kier alpha value is -3.86. The lowest BCUT2D eigenvalue weighted by Crippen LogP contribution is -2.35. The van der Waals surface area contributed by atoms with Crippen molar-refractivity contribution in [2.45, 2.75) is 0 Å². The van der Waals surface area contributed by atoms with E-state index in [0.717, 1.165) is 33.4 Å². The van der Waals surface area contributed by atoms with Crippen LogP contribution in [0.2, 0.25) is 0 Å². The number of nitro groups is 2. The van der Waals surface area contributed by atoms with Crippen LogP contribution in [0, 0.1) is 20.2 Å². The van der Waals surface area contributed by atoms with Crippen LogP contribution >= 0.6 is 15.9 Å². The van der Waals surface area contributed by atoms with E-state index < -0.39 is 33.0 Å². The van der Waals surface area contributed by atoms with Crippen LogP contribution in [-0.4, -0.2) is 26.7 Å². The zero-order chi connectivity index (χ0) is 20.9. The number of fused-ring (bicyclic) bond motifs is 2. The highest BCUT2D eigenvalue weighted by Crippen LogP contribution is 2.34. The molecule has 144 valence electrons. The van der Waals surface area contributed by atoms with Gasteiger partial charge in [-0.3, -0.25) is 35.2 Å². The summed E-state index contributed by atoms with van der Waals surface area (Å²) < 4.78 is 0.746. The number of halogens is 1. The molecule has 0 unspecified atom stereocenters. The van der Waals surface area contributed by atoms with E-state index in [-0.39, 0.29) is 16.8 Å². The van der Waals surface area contributed by atoms with Crippen molar-refractivity contribution in [3.05, 3.63) is 84.4 Å². The van der Waals surface area contributed by atoms with E-state index in [2.05, 4.69) is 21.4 Å². The molecule has 4 rings (SSSR count). The summed E-state index contributed by atoms with van der Waals surface area (Å²) >= 11 is 3.40. The van der Waals surface area contributed by atoms with Crippen molar-refractivity contribution in [3.63, 3.8) is 0 Å². The molecule has 0 saturated carbocycles. The third-order valence-electron chi connectivity index (χ3n) is 4.45. The van der Waals surface area contributed by atoms with Crippen LogP contribution in [0.25, 0.3) is 10.8 Å². The average Bonchev–Trinajstić information content (AvgIpc) is 2.91. The van der Waals surface area contributed by atoms with Crippen LogP contribution < -0.4 is 5.43 Å². The third-order valence-corrected chi connectivity index (χ3v) is 5.14. The summed E-state index contributed by atoms with van der Waals surface area (Å²) in [5, 5.41) is 24.3. The van der Waals surface area contributed by atoms with Crippen LogP contribution in [0.1, 0.15) is 20.7 Å². The van der Waals surface area contributed by atoms with Gasteiger partial charge in [-0.2, -0.15) is 5.01 Å². The van der Waals surface area contributed by atoms with Gasteiger partial charge in [0.25, 0.3) is 17.5 Å². The van der Waals surface area contributed by atoms with Crippen molar-refractivity contribution in [2.24, 2.45) is 0 Å². The first-order valence-electron chi connectivity index (χ1n) is 8.08. The molecule has 1 aliphatic heterocycles. The molecular formula is C18H9BrN4O6. The second kappa shape index (κ2) is 6.63. The molecule has 0 aliphatic carbocycles. The topological polar surface area (TPSA) is 136 Å². The quantitative estimate of drug-likeness (QED) is 0.355. The minimum Gasteiger partial charge on any atom is -0.282 e. The number of carbonyl (C=O) groups excluding carboxylic acids is 2. The monoisotopic (exact) mass is 456 g/mol. The average molecular weight is 457 g/mol. The van der Waals surface area contributed by atoms with Crippen molar-refractivity contribution in [1.82, 2.24) is 5.01 Å². The number of imide groups is 1. The molecule has 0 radical (unpaired) electrons. The Balaban J connectivity index is 1.75. The SMILES string of the molecule is O=C1c2cc3cccc(Br)c3cc2C(=O)N1Nc1ccc([N+](=O)[O-])cc1[N+](=O)[O-]. The molecule has 0 saturated heterocycles. The fourth-order valence-electron chi connectivity index (χ4n) is 3.08. The van der Waals surface area contributed by atoms with E-state index >= 15 is 0 Å². The Morgan fingerprint density at radius 2 is 1.59 bits per heavy atom. The fourth-order valence-corrected chi connectivity index (χ4v) is 3.57. The van der Waals surface area contributed by atoms with Crippen molar-refractivity contribution in [1.29, 1.82) is 0 Å². The molecule has 2 amide bonds. The molecule has 0 spiro atoms. The molecule has 11 heteroatoms. The first-order valence-corrected chi connectivity index (χ1v) is 8.88. The summed E-state index contributed by atoms with van der Waals surface area (Å²) in [5.41, 5.74) is 1.38. The zero-order valence-corrected chi connectivity index (χ0v) is 15.9. The molecule has 0 aromatic heterocycles. The van der Waals surface area contributed by atoms with E-state index in [9.17, 15) is 29.8 Å². The maximum absolute atomic E-state index is 12.8. The summed E-state index contributed by atoms with van der Waals surface area (Å²) in [6.07, 6.45) is 0. The Kier molecular flexibility index (Phi) is 4.23. The Bertz CT molecular complexity index is 1260. The minimum atomic E-state index is -0.834. The van der Waals surface area contributed by atoms with Gasteiger partial charge in [0.2, 0.25) is 0 Å². The summed E-state index contributed by atoms with van der Waals surface area (Å²) in [6.45, 7) is 0. The molecule has 3 aromatic rings. The highest BCUT2D eigenvalue weighted by molar-refractivity contribution is 9.10. The first kappa shape index (κ1) is 18.5. The lowest BCUT2D eigenvalue weighted by Gasteiger charge is -2.16. The van der Waals surface area contributed by atoms with Gasteiger partial charge in [-0.15, -0.1) is 0 Å². The van der Waals surface area contributed by atoms with Crippen molar-refractivity contribution in [3.8, 4) is 0 Å². The number of amides is 2. The van der Waals surface area contributed by atoms with E-state index in [1.165, 1.54) is 0 Å². The number of nitrogens with one attached hydrogen (secondary N) is 1. The van der Waals surface area contributed by atoms with Gasteiger partial charge in [0.05, 0.1) is 27.0 Å². The largest absolute Gasteiger partial charge is 0.300 e. The second-order valence-electron chi connectivity index (χ2n) is 6.13. The summed E-state index contributed by atoms with van der Waals surface area (Å²) in [5.74, 6) is -1.37. The molecule has 0 bridgehead atoms. The molecule has 0 fully saturated rings. The van der Waals surface area contributed by atoms with Gasteiger partial charge in [0.1, 0.15) is 5.69 Å². The molecule has 0 atom stereocenters. The number of non-ortho nitro benzene ring substituents is 1. The zero-order valence-electron chi connectivity index (χ0n) is 14.3. The standard InChI is InChI=1S/C18H9BrN4O6/c19-14-3-1-2-9-6-12-13(8-11(9)14)18(25)21(17(12)24)20-15-5-4-10(22(26)27)7-16(15)23(28)29/h1-8,20H. The van der Waals surface area contributed by atoms with Gasteiger partial charge in [0.15, 0.2) is 0 Å². The van der Waals surface area contributed by atoms with Crippen molar-refractivity contribution >= 4 is 55.6 Å². The molecular weight excluding hydrogens is 448 g/mol. The summed E-state index contributed by atoms with van der Waals surface area (Å²) in [7, 11) is 0. The highest BCUT2D eigenvalue weighted by atomic mass is 79.9. The minimum absolute atomic E-state index is 0.145. The van der Waals surface area contributed by atoms with Crippen LogP contribution in [0.5, 0.6) is 0 Å². The number of benzene rings is 3. The molecule has 29 heavy (non-hydrogen) atoms. The van der Waals surface area contributed by atoms with Gasteiger partial charge >= 0.3 is 5.69 Å². The number of nitrogens with zero attached hydrogens (tertiary/aromatic N) is 3. The van der Waals surface area contributed by atoms with Crippen LogP contribution in [0.15, 0.2) is 53.0 Å². The lowest BCUT2D eigenvalue weighted by molar-refractivity contribution is -0.393. The Labute approximate surface area is 170 Å². The molecule has 1 N–H and O–H groups in total. The predicted octanol–water partition coefficient (Wildman–Crippen LogP) is 4.04. The maximum Gasteiger partial charge on any atom is 0.300 e. The summed E-state index contributed by atoms with van der Waals surface area (Å²) in [4.78, 5) is 46.1. The number of anilines is 1. The second-order valence-corrected chi connectivity index (χ2v) is 6.99. The Morgan fingerprint density at radius 1 is 0.897 bits per heavy atom. The number of hydrogen-bond acceptors (Lipinski definition) is 7. The number of nitro benzene ring substituents is 2. The van der Waals surface area contributed by atoms with Crippen LogP contribution in [-0.2, 0) is 0 Å². The smallest absolute Gasteiger partial charge is 0.282 e. The fraction of sp³-hybridized carbons (Fsp3) is 0. The van der Waals surface area contributed by atoms with Crippen LogP contribution in [0.3, 0.4) is 0 Å². The van der Waals surface area contributed by atoms with E-state index in [1.54, 1.807) is 30.3 Å². The van der Waals surface area contributed by atoms with Crippen molar-refractivity contribution < 1.29 is 19.4 Å². The number of hydrogen-bond donors (Lipinski definition) is 1. The predicted molar refractivity (Wildman–Crippen MR) is 106 cm³/mol. The maximum atomic E-state index is 12.8. The van der Waals surface area contributed by atoms with Gasteiger partial charge in [0, 0.05) is 10.5 Å². The first-order chi connectivity index (χ1) is 13.8. The van der Waals surface area contributed by atoms with Crippen molar-refractivity contribution in [2.75, 3.05) is 5.43 Å². The van der Waals surface area contributed by atoms with E-state index in [1.807, 2.05) is 0 Å². The third kappa shape index (κ3) is 2.97. The molecule has 1 aliphatic rings.